The number of phosphoric acid groups is 1. The van der Waals surface area contributed by atoms with E-state index in [2.05, 4.69) is 69.4 Å². The lowest BCUT2D eigenvalue weighted by Crippen LogP contribution is -2.30. The number of aliphatic hydroxyl groups excluding tert-OH is 1. The molecule has 0 saturated heterocycles. The first-order valence-corrected chi connectivity index (χ1v) is 34.0. The number of hydrogen-bond donors (Lipinski definition) is 2. The first kappa shape index (κ1) is 75.4. The molecule has 0 rings (SSSR count). The fourth-order valence-corrected chi connectivity index (χ4v) is 9.99. The SMILES string of the molecule is CCC/C=C\C/C=C\CCCCCCCC(=O)OCC(COP(=O)(O)OCC(CO)OC(=O)CCCCCCCCCCC/C=C\CCCCCCCC)OC(=O)CCCCCCCCCCC/C=C\CCCCCCCC. The van der Waals surface area contributed by atoms with Gasteiger partial charge in [-0.25, -0.2) is 4.57 Å². The minimum atomic E-state index is -4.75. The van der Waals surface area contributed by atoms with Gasteiger partial charge in [-0.1, -0.05) is 249 Å². The second kappa shape index (κ2) is 60.5. The molecular formula is C66H121O11P. The van der Waals surface area contributed by atoms with E-state index >= 15 is 0 Å². The van der Waals surface area contributed by atoms with Gasteiger partial charge >= 0.3 is 25.7 Å². The predicted molar refractivity (Wildman–Crippen MR) is 325 cm³/mol. The summed E-state index contributed by atoms with van der Waals surface area (Å²) in [5.74, 6) is -1.47. The van der Waals surface area contributed by atoms with Crippen LogP contribution in [0.4, 0.5) is 0 Å². The van der Waals surface area contributed by atoms with E-state index in [1.807, 2.05) is 0 Å². The third kappa shape index (κ3) is 58.1. The topological polar surface area (TPSA) is 155 Å². The molecule has 0 aromatic rings. The van der Waals surface area contributed by atoms with Crippen molar-refractivity contribution in [2.45, 2.75) is 328 Å². The number of rotatable bonds is 61. The van der Waals surface area contributed by atoms with Crippen molar-refractivity contribution in [1.29, 1.82) is 0 Å². The minimum Gasteiger partial charge on any atom is -0.462 e. The fraction of sp³-hybridized carbons (Fsp3) is 0.833. The average Bonchev–Trinajstić information content (AvgIpc) is 3.43. The highest BCUT2D eigenvalue weighted by Gasteiger charge is 2.28. The number of unbranched alkanes of at least 4 members (excludes halogenated alkanes) is 36. The van der Waals surface area contributed by atoms with Crippen molar-refractivity contribution < 1.29 is 52.2 Å². The fourth-order valence-electron chi connectivity index (χ4n) is 9.21. The van der Waals surface area contributed by atoms with E-state index in [-0.39, 0.29) is 25.9 Å². The van der Waals surface area contributed by atoms with Gasteiger partial charge in [-0.05, 0) is 96.3 Å². The zero-order chi connectivity index (χ0) is 56.9. The molecule has 3 unspecified atom stereocenters. The Morgan fingerprint density at radius 3 is 1.01 bits per heavy atom. The standard InChI is InChI=1S/C66H121O11P/c1-4-7-10-13-16-19-22-25-27-29-31-33-35-38-41-44-47-50-53-56-65(69)76-62(58-67)60-74-78(71,72)75-61-63(59-73-64(68)55-52-49-46-43-40-37-24-21-18-15-12-9-6-3)77-66(70)57-54-51-48-45-42-39-36-34-32-30-28-26-23-20-17-14-11-8-5-2/h12,15,21,24-28,62-63,67H,4-11,13-14,16-20,22-23,29-61H2,1-3H3,(H,71,72)/b15-12-,24-21-,27-25-,28-26-. The van der Waals surface area contributed by atoms with Gasteiger partial charge in [-0.15, -0.1) is 0 Å². The molecule has 0 saturated carbocycles. The number of ether oxygens (including phenoxy) is 3. The maximum Gasteiger partial charge on any atom is 0.472 e. The third-order valence-electron chi connectivity index (χ3n) is 14.2. The van der Waals surface area contributed by atoms with E-state index in [0.717, 1.165) is 83.5 Å². The van der Waals surface area contributed by atoms with Crippen molar-refractivity contribution in [3.05, 3.63) is 48.6 Å². The molecule has 0 fully saturated rings. The maximum atomic E-state index is 12.9. The lowest BCUT2D eigenvalue weighted by molar-refractivity contribution is -0.161. The van der Waals surface area contributed by atoms with E-state index in [1.165, 1.54) is 173 Å². The summed E-state index contributed by atoms with van der Waals surface area (Å²) in [7, 11) is -4.75. The Morgan fingerprint density at radius 2 is 0.654 bits per heavy atom. The quantitative estimate of drug-likeness (QED) is 0.0197. The van der Waals surface area contributed by atoms with Gasteiger partial charge in [0, 0.05) is 19.3 Å². The van der Waals surface area contributed by atoms with Crippen LogP contribution >= 0.6 is 7.82 Å². The molecule has 0 aromatic carbocycles. The summed E-state index contributed by atoms with van der Waals surface area (Å²) in [5, 5.41) is 9.86. The van der Waals surface area contributed by atoms with Gasteiger partial charge in [0.25, 0.3) is 0 Å². The van der Waals surface area contributed by atoms with Gasteiger partial charge in [0.15, 0.2) is 6.10 Å². The van der Waals surface area contributed by atoms with Crippen LogP contribution in [0.3, 0.4) is 0 Å². The number of aliphatic hydroxyl groups is 1. The molecule has 0 aromatic heterocycles. The summed E-state index contributed by atoms with van der Waals surface area (Å²) in [6.07, 6.45) is 66.3. The molecule has 0 spiro atoms. The van der Waals surface area contributed by atoms with E-state index in [1.54, 1.807) is 0 Å². The number of carbonyl (C=O) groups excluding carboxylic acids is 3. The Morgan fingerprint density at radius 1 is 0.359 bits per heavy atom. The first-order chi connectivity index (χ1) is 38.2. The maximum absolute atomic E-state index is 12.9. The van der Waals surface area contributed by atoms with Crippen LogP contribution in [0.5, 0.6) is 0 Å². The van der Waals surface area contributed by atoms with Crippen LogP contribution in [-0.4, -0.2) is 66.5 Å². The van der Waals surface area contributed by atoms with Crippen LogP contribution in [-0.2, 0) is 42.2 Å². The van der Waals surface area contributed by atoms with E-state index in [0.29, 0.717) is 19.3 Å². The van der Waals surface area contributed by atoms with Crippen LogP contribution in [0.25, 0.3) is 0 Å². The summed E-state index contributed by atoms with van der Waals surface area (Å²) in [4.78, 5) is 48.7. The molecular weight excluding hydrogens is 1000 g/mol. The van der Waals surface area contributed by atoms with E-state index in [4.69, 9.17) is 23.3 Å². The number of allylic oxidation sites excluding steroid dienone is 8. The Hall–Kier alpha value is -2.56. The Balaban J connectivity index is 4.63. The van der Waals surface area contributed by atoms with Crippen LogP contribution in [0.1, 0.15) is 316 Å². The highest BCUT2D eigenvalue weighted by molar-refractivity contribution is 7.47. The minimum absolute atomic E-state index is 0.164. The highest BCUT2D eigenvalue weighted by atomic mass is 31.2. The molecule has 3 atom stereocenters. The molecule has 2 N–H and O–H groups in total. The van der Waals surface area contributed by atoms with Crippen LogP contribution < -0.4 is 0 Å². The molecule has 0 heterocycles. The zero-order valence-corrected chi connectivity index (χ0v) is 51.5. The van der Waals surface area contributed by atoms with Crippen LogP contribution in [0.2, 0.25) is 0 Å². The monoisotopic (exact) mass is 1120 g/mol. The summed E-state index contributed by atoms with van der Waals surface area (Å²) < 4.78 is 39.7. The smallest absolute Gasteiger partial charge is 0.462 e. The Kier molecular flexibility index (Phi) is 58.5. The molecule has 0 aliphatic heterocycles. The van der Waals surface area contributed by atoms with Crippen LogP contribution in [0.15, 0.2) is 48.6 Å². The third-order valence-corrected chi connectivity index (χ3v) is 15.1. The number of esters is 3. The van der Waals surface area contributed by atoms with Gasteiger partial charge in [0.05, 0.1) is 19.8 Å². The second-order valence-electron chi connectivity index (χ2n) is 21.9. The molecule has 0 amide bonds. The second-order valence-corrected chi connectivity index (χ2v) is 23.4. The molecule has 0 radical (unpaired) electrons. The molecule has 11 nitrogen and oxygen atoms in total. The number of phosphoric ester groups is 1. The summed E-state index contributed by atoms with van der Waals surface area (Å²) in [6.45, 7) is 4.61. The van der Waals surface area contributed by atoms with Crippen molar-refractivity contribution in [1.82, 2.24) is 0 Å². The zero-order valence-electron chi connectivity index (χ0n) is 50.6. The van der Waals surface area contributed by atoms with Gasteiger partial charge < -0.3 is 24.2 Å². The highest BCUT2D eigenvalue weighted by Crippen LogP contribution is 2.43. The van der Waals surface area contributed by atoms with Crippen molar-refractivity contribution >= 4 is 25.7 Å². The van der Waals surface area contributed by atoms with Crippen molar-refractivity contribution in [2.75, 3.05) is 26.4 Å². The van der Waals surface area contributed by atoms with Gasteiger partial charge in [0.1, 0.15) is 12.7 Å². The summed E-state index contributed by atoms with van der Waals surface area (Å²) in [5.41, 5.74) is 0. The first-order valence-electron chi connectivity index (χ1n) is 32.5. The largest absolute Gasteiger partial charge is 0.472 e. The summed E-state index contributed by atoms with van der Waals surface area (Å²) >= 11 is 0. The molecule has 12 heteroatoms. The normalized spacial score (nSPS) is 13.6. The number of hydrogen-bond acceptors (Lipinski definition) is 10. The molecule has 0 aliphatic carbocycles. The molecule has 0 aliphatic rings. The Bertz CT molecular complexity index is 1490. The van der Waals surface area contributed by atoms with Gasteiger partial charge in [-0.3, -0.25) is 23.4 Å². The van der Waals surface area contributed by atoms with E-state index in [9.17, 15) is 28.9 Å². The van der Waals surface area contributed by atoms with Crippen LogP contribution in [0, 0.1) is 0 Å². The van der Waals surface area contributed by atoms with Crippen molar-refractivity contribution in [3.63, 3.8) is 0 Å². The van der Waals surface area contributed by atoms with Gasteiger partial charge in [-0.2, -0.15) is 0 Å². The lowest BCUT2D eigenvalue weighted by Gasteiger charge is -2.21. The average molecular weight is 1120 g/mol. The van der Waals surface area contributed by atoms with E-state index < -0.39 is 57.8 Å². The van der Waals surface area contributed by atoms with Crippen molar-refractivity contribution in [3.8, 4) is 0 Å². The summed E-state index contributed by atoms with van der Waals surface area (Å²) in [6, 6.07) is 0. The Labute approximate surface area is 479 Å². The predicted octanol–water partition coefficient (Wildman–Crippen LogP) is 19.7. The molecule has 0 bridgehead atoms. The lowest BCUT2D eigenvalue weighted by atomic mass is 10.1. The van der Waals surface area contributed by atoms with Gasteiger partial charge in [0.2, 0.25) is 0 Å². The van der Waals surface area contributed by atoms with Crippen molar-refractivity contribution in [2.24, 2.45) is 0 Å². The number of carbonyl (C=O) groups is 3. The molecule has 456 valence electrons. The molecule has 78 heavy (non-hydrogen) atoms.